The normalized spacial score (nSPS) is 10.9. The lowest BCUT2D eigenvalue weighted by Crippen LogP contribution is -2.38. The number of benzene rings is 2. The van der Waals surface area contributed by atoms with Crippen molar-refractivity contribution in [1.29, 1.82) is 0 Å². The molecule has 2 nitrogen and oxygen atoms in total. The van der Waals surface area contributed by atoms with Crippen LogP contribution in [0, 0.1) is 0 Å². The van der Waals surface area contributed by atoms with E-state index < -0.39 is 6.19 Å². The maximum atomic E-state index is 6.03. The molecule has 0 radical (unpaired) electrons. The molecule has 21 heavy (non-hydrogen) atoms. The predicted molar refractivity (Wildman–Crippen MR) is 100 cm³/mol. The molecule has 5 heteroatoms. The minimum absolute atomic E-state index is 0.632. The van der Waals surface area contributed by atoms with Crippen LogP contribution < -0.4 is 21.0 Å². The van der Waals surface area contributed by atoms with Crippen LogP contribution in [-0.2, 0) is 11.8 Å². The van der Waals surface area contributed by atoms with Gasteiger partial charge in [0.15, 0.2) is 5.11 Å². The Labute approximate surface area is 137 Å². The fraction of sp³-hybridized carbons (Fsp3) is 0.188. The first-order chi connectivity index (χ1) is 10.2. The van der Waals surface area contributed by atoms with E-state index in [4.69, 9.17) is 24.0 Å². The molecule has 0 aliphatic carbocycles. The molecule has 0 saturated heterocycles. The second-order valence-corrected chi connectivity index (χ2v) is 9.17. The third kappa shape index (κ3) is 4.13. The summed E-state index contributed by atoms with van der Waals surface area (Å²) in [6, 6.07) is 20.4. The highest BCUT2D eigenvalue weighted by molar-refractivity contribution is 8.21. The highest BCUT2D eigenvalue weighted by Gasteiger charge is 2.22. The zero-order chi connectivity index (χ0) is 15.1. The summed E-state index contributed by atoms with van der Waals surface area (Å²) < 4.78 is 0. The van der Waals surface area contributed by atoms with E-state index in [2.05, 4.69) is 41.6 Å². The van der Waals surface area contributed by atoms with Crippen LogP contribution in [0.4, 0.5) is 0 Å². The summed E-state index contributed by atoms with van der Waals surface area (Å²) in [6.45, 7) is 2.96. The van der Waals surface area contributed by atoms with Gasteiger partial charge in [0, 0.05) is 17.2 Å². The van der Waals surface area contributed by atoms with Gasteiger partial charge >= 0.3 is 0 Å². The van der Waals surface area contributed by atoms with E-state index in [0.29, 0.717) is 5.11 Å². The molecule has 2 rings (SSSR count). The van der Waals surface area contributed by atoms with Crippen molar-refractivity contribution in [3.63, 3.8) is 0 Å². The van der Waals surface area contributed by atoms with E-state index in [0.717, 1.165) is 23.6 Å². The molecule has 110 valence electrons. The molecule has 2 aromatic rings. The van der Waals surface area contributed by atoms with Crippen molar-refractivity contribution < 1.29 is 0 Å². The van der Waals surface area contributed by atoms with Crippen molar-refractivity contribution in [1.82, 2.24) is 10.4 Å². The summed E-state index contributed by atoms with van der Waals surface area (Å²) in [5.41, 5.74) is 0. The Kier molecular flexibility index (Phi) is 5.92. The monoisotopic (exact) mass is 334 g/mol. The lowest BCUT2D eigenvalue weighted by molar-refractivity contribution is 0.839. The van der Waals surface area contributed by atoms with Crippen molar-refractivity contribution >= 4 is 45.9 Å². The fourth-order valence-electron chi connectivity index (χ4n) is 1.98. The SMILES string of the molecule is CCCNC(=S)NP(=S)(c1ccccc1)c1ccccc1. The standard InChI is InChI=1S/C16H19N2PS2/c1-2-13-17-16(20)18-19(21,14-9-5-3-6-10-14)15-11-7-4-8-12-15/h3-12H,2,13H2,1H3,(H2,17,18,20,21). The zero-order valence-corrected chi connectivity index (χ0v) is 14.5. The molecule has 2 aromatic carbocycles. The Balaban J connectivity index is 2.36. The average Bonchev–Trinajstić information content (AvgIpc) is 2.54. The predicted octanol–water partition coefficient (Wildman–Crippen LogP) is 2.91. The quantitative estimate of drug-likeness (QED) is 0.649. The first kappa shape index (κ1) is 16.2. The molecule has 0 fully saturated rings. The topological polar surface area (TPSA) is 24.1 Å². The Morgan fingerprint density at radius 1 is 0.952 bits per heavy atom. The van der Waals surface area contributed by atoms with Crippen LogP contribution in [-0.4, -0.2) is 11.7 Å². The first-order valence-electron chi connectivity index (χ1n) is 6.94. The largest absolute Gasteiger partial charge is 0.363 e. The van der Waals surface area contributed by atoms with E-state index in [9.17, 15) is 0 Å². The van der Waals surface area contributed by atoms with Gasteiger partial charge in [0.2, 0.25) is 0 Å². The summed E-state index contributed by atoms with van der Waals surface area (Å²) in [4.78, 5) is 0. The molecule has 0 bridgehead atoms. The molecule has 0 aliphatic rings. The van der Waals surface area contributed by atoms with Gasteiger partial charge in [0.1, 0.15) is 0 Å². The van der Waals surface area contributed by atoms with Crippen LogP contribution in [0.1, 0.15) is 13.3 Å². The van der Waals surface area contributed by atoms with Gasteiger partial charge in [-0.25, -0.2) is 0 Å². The minimum atomic E-state index is -2.14. The molecule has 0 atom stereocenters. The lowest BCUT2D eigenvalue weighted by atomic mass is 10.4. The van der Waals surface area contributed by atoms with E-state index >= 15 is 0 Å². The summed E-state index contributed by atoms with van der Waals surface area (Å²) in [5.74, 6) is 0. The van der Waals surface area contributed by atoms with Gasteiger partial charge < -0.3 is 10.4 Å². The number of hydrogen-bond donors (Lipinski definition) is 2. The molecular weight excluding hydrogens is 315 g/mol. The second-order valence-electron chi connectivity index (χ2n) is 4.65. The molecule has 2 N–H and O–H groups in total. The van der Waals surface area contributed by atoms with Crippen molar-refractivity contribution in [3.8, 4) is 0 Å². The Hall–Kier alpha value is -1.22. The average molecular weight is 334 g/mol. The fourth-order valence-corrected chi connectivity index (χ4v) is 5.77. The van der Waals surface area contributed by atoms with E-state index in [1.807, 2.05) is 36.4 Å². The molecular formula is C16H19N2PS2. The van der Waals surface area contributed by atoms with Crippen molar-refractivity contribution in [2.75, 3.05) is 6.54 Å². The number of thiocarbonyl (C=S) groups is 1. The third-order valence-electron chi connectivity index (χ3n) is 3.03. The van der Waals surface area contributed by atoms with Crippen LogP contribution >= 0.6 is 18.4 Å². The maximum Gasteiger partial charge on any atom is 0.170 e. The van der Waals surface area contributed by atoms with Gasteiger partial charge in [-0.1, -0.05) is 79.4 Å². The van der Waals surface area contributed by atoms with Gasteiger partial charge in [0.25, 0.3) is 0 Å². The molecule has 0 unspecified atom stereocenters. The lowest BCUT2D eigenvalue weighted by Gasteiger charge is -2.26. The minimum Gasteiger partial charge on any atom is -0.363 e. The molecule has 0 spiro atoms. The van der Waals surface area contributed by atoms with E-state index in [-0.39, 0.29) is 0 Å². The van der Waals surface area contributed by atoms with Gasteiger partial charge in [0.05, 0.1) is 6.19 Å². The molecule has 0 heterocycles. The summed E-state index contributed by atoms with van der Waals surface area (Å²) in [5, 5.41) is 9.48. The van der Waals surface area contributed by atoms with Crippen LogP contribution in [0.2, 0.25) is 0 Å². The summed E-state index contributed by atoms with van der Waals surface area (Å²) >= 11 is 11.4. The van der Waals surface area contributed by atoms with E-state index in [1.54, 1.807) is 0 Å². The van der Waals surface area contributed by atoms with Crippen molar-refractivity contribution in [2.45, 2.75) is 13.3 Å². The number of hydrogen-bond acceptors (Lipinski definition) is 2. The first-order valence-corrected chi connectivity index (χ1v) is 10.2. The number of rotatable bonds is 5. The van der Waals surface area contributed by atoms with E-state index in [1.165, 1.54) is 0 Å². The summed E-state index contributed by atoms with van der Waals surface area (Å²) in [7, 11) is 0. The van der Waals surface area contributed by atoms with Crippen LogP contribution in [0.25, 0.3) is 0 Å². The molecule has 0 aromatic heterocycles. The Bertz CT molecular complexity index is 586. The second kappa shape index (κ2) is 7.69. The Morgan fingerprint density at radius 2 is 1.43 bits per heavy atom. The smallest absolute Gasteiger partial charge is 0.170 e. The van der Waals surface area contributed by atoms with Gasteiger partial charge in [-0.05, 0) is 18.6 Å². The molecule has 0 saturated carbocycles. The third-order valence-corrected chi connectivity index (χ3v) is 7.56. The highest BCUT2D eigenvalue weighted by atomic mass is 32.4. The van der Waals surface area contributed by atoms with Gasteiger partial charge in [-0.2, -0.15) is 0 Å². The van der Waals surface area contributed by atoms with Crippen LogP contribution in [0.3, 0.4) is 0 Å². The number of nitrogens with one attached hydrogen (secondary N) is 2. The molecule has 0 amide bonds. The maximum absolute atomic E-state index is 6.03. The van der Waals surface area contributed by atoms with Crippen molar-refractivity contribution in [2.24, 2.45) is 0 Å². The highest BCUT2D eigenvalue weighted by Crippen LogP contribution is 2.38. The van der Waals surface area contributed by atoms with Crippen LogP contribution in [0.15, 0.2) is 60.7 Å². The zero-order valence-electron chi connectivity index (χ0n) is 12.0. The van der Waals surface area contributed by atoms with Crippen molar-refractivity contribution in [3.05, 3.63) is 60.7 Å². The summed E-state index contributed by atoms with van der Waals surface area (Å²) in [6.07, 6.45) is -1.11. The van der Waals surface area contributed by atoms with Gasteiger partial charge in [-0.15, -0.1) is 0 Å². The Morgan fingerprint density at radius 3 is 1.86 bits per heavy atom. The van der Waals surface area contributed by atoms with Gasteiger partial charge in [-0.3, -0.25) is 0 Å². The molecule has 0 aliphatic heterocycles. The van der Waals surface area contributed by atoms with Crippen LogP contribution in [0.5, 0.6) is 0 Å².